The fourth-order valence-electron chi connectivity index (χ4n) is 2.95. The van der Waals surface area contributed by atoms with E-state index in [0.717, 1.165) is 17.3 Å². The molecular formula is C14H22N2O. The van der Waals surface area contributed by atoms with Gasteiger partial charge in [0.15, 0.2) is 0 Å². The number of aliphatic hydroxyl groups is 1. The summed E-state index contributed by atoms with van der Waals surface area (Å²) in [5.74, 6) is 1.23. The molecular weight excluding hydrogens is 212 g/mol. The minimum absolute atomic E-state index is 0.0292. The van der Waals surface area contributed by atoms with Crippen LogP contribution in [0.3, 0.4) is 0 Å². The summed E-state index contributed by atoms with van der Waals surface area (Å²) in [6.07, 6.45) is 4.17. The van der Waals surface area contributed by atoms with Crippen molar-refractivity contribution in [1.29, 1.82) is 0 Å². The zero-order valence-corrected chi connectivity index (χ0v) is 11.2. The van der Waals surface area contributed by atoms with Crippen molar-refractivity contribution in [1.82, 2.24) is 9.97 Å². The van der Waals surface area contributed by atoms with E-state index >= 15 is 0 Å². The van der Waals surface area contributed by atoms with Crippen LogP contribution in [0.5, 0.6) is 0 Å². The molecule has 0 spiro atoms. The van der Waals surface area contributed by atoms with Crippen LogP contribution in [0.2, 0.25) is 0 Å². The Kier molecular flexibility index (Phi) is 3.21. The predicted octanol–water partition coefficient (Wildman–Crippen LogP) is 2.82. The van der Waals surface area contributed by atoms with E-state index in [4.69, 9.17) is 5.11 Å². The molecule has 17 heavy (non-hydrogen) atoms. The molecule has 0 bridgehead atoms. The lowest BCUT2D eigenvalue weighted by Gasteiger charge is -2.31. The largest absolute Gasteiger partial charge is 0.390 e. The normalized spacial score (nSPS) is 27.4. The van der Waals surface area contributed by atoms with Gasteiger partial charge in [0.2, 0.25) is 0 Å². The molecule has 0 amide bonds. The third-order valence-corrected chi connectivity index (χ3v) is 4.58. The predicted molar refractivity (Wildman–Crippen MR) is 67.6 cm³/mol. The molecule has 0 radical (unpaired) electrons. The Balaban J connectivity index is 2.35. The van der Waals surface area contributed by atoms with Crippen LogP contribution in [0, 0.1) is 18.3 Å². The number of hydrogen-bond donors (Lipinski definition) is 1. The first kappa shape index (κ1) is 12.5. The second kappa shape index (κ2) is 4.37. The maximum Gasteiger partial charge on any atom is 0.0868 e. The molecule has 1 N–H and O–H groups in total. The summed E-state index contributed by atoms with van der Waals surface area (Å²) >= 11 is 0. The van der Waals surface area contributed by atoms with E-state index in [0.29, 0.717) is 17.0 Å². The molecule has 3 nitrogen and oxygen atoms in total. The van der Waals surface area contributed by atoms with Crippen LogP contribution in [0.4, 0.5) is 0 Å². The smallest absolute Gasteiger partial charge is 0.0868 e. The van der Waals surface area contributed by atoms with Crippen LogP contribution in [-0.2, 0) is 6.61 Å². The minimum atomic E-state index is -0.0292. The molecule has 2 unspecified atom stereocenters. The first-order chi connectivity index (χ1) is 7.96. The zero-order chi connectivity index (χ0) is 12.6. The molecule has 1 aromatic heterocycles. The van der Waals surface area contributed by atoms with Gasteiger partial charge < -0.3 is 5.11 Å². The van der Waals surface area contributed by atoms with Crippen molar-refractivity contribution in [2.24, 2.45) is 11.3 Å². The lowest BCUT2D eigenvalue weighted by atomic mass is 9.74. The third-order valence-electron chi connectivity index (χ3n) is 4.58. The molecule has 1 aliphatic carbocycles. The molecule has 0 aliphatic heterocycles. The molecule has 0 saturated heterocycles. The van der Waals surface area contributed by atoms with E-state index in [1.54, 1.807) is 6.20 Å². The van der Waals surface area contributed by atoms with Gasteiger partial charge in [0, 0.05) is 5.92 Å². The third kappa shape index (κ3) is 2.08. The lowest BCUT2D eigenvalue weighted by Crippen LogP contribution is -2.23. The average Bonchev–Trinajstić information content (AvgIpc) is 2.54. The average molecular weight is 234 g/mol. The Labute approximate surface area is 103 Å². The number of aliphatic hydroxyl groups excluding tert-OH is 1. The highest BCUT2D eigenvalue weighted by molar-refractivity contribution is 5.21. The van der Waals surface area contributed by atoms with E-state index in [1.807, 2.05) is 6.92 Å². The van der Waals surface area contributed by atoms with Gasteiger partial charge in [-0.15, -0.1) is 0 Å². The summed E-state index contributed by atoms with van der Waals surface area (Å²) in [6, 6.07) is 0. The van der Waals surface area contributed by atoms with Gasteiger partial charge in [0.1, 0.15) is 0 Å². The summed E-state index contributed by atoms with van der Waals surface area (Å²) in [6.45, 7) is 8.96. The first-order valence-electron chi connectivity index (χ1n) is 6.40. The molecule has 1 aliphatic rings. The molecule has 2 atom stereocenters. The van der Waals surface area contributed by atoms with E-state index in [9.17, 15) is 0 Å². The van der Waals surface area contributed by atoms with Gasteiger partial charge in [-0.2, -0.15) is 0 Å². The highest BCUT2D eigenvalue weighted by Gasteiger charge is 2.42. The van der Waals surface area contributed by atoms with Crippen LogP contribution < -0.4 is 0 Å². The number of aromatic nitrogens is 2. The number of nitrogens with zero attached hydrogens (tertiary/aromatic N) is 2. The van der Waals surface area contributed by atoms with E-state index < -0.39 is 0 Å². The van der Waals surface area contributed by atoms with Crippen LogP contribution in [-0.4, -0.2) is 15.1 Å². The molecule has 0 aromatic carbocycles. The SMILES string of the molecule is Cc1nc(CO)cnc1C1CCC(C)C1(C)C. The van der Waals surface area contributed by atoms with Crippen molar-refractivity contribution in [3.05, 3.63) is 23.3 Å². The highest BCUT2D eigenvalue weighted by atomic mass is 16.3. The Bertz CT molecular complexity index is 415. The summed E-state index contributed by atoms with van der Waals surface area (Å²) < 4.78 is 0. The fraction of sp³-hybridized carbons (Fsp3) is 0.714. The van der Waals surface area contributed by atoms with E-state index in [1.165, 1.54) is 12.8 Å². The number of rotatable bonds is 2. The minimum Gasteiger partial charge on any atom is -0.390 e. The maximum absolute atomic E-state index is 9.06. The monoisotopic (exact) mass is 234 g/mol. The molecule has 1 saturated carbocycles. The fourth-order valence-corrected chi connectivity index (χ4v) is 2.95. The Morgan fingerprint density at radius 2 is 2.12 bits per heavy atom. The molecule has 1 heterocycles. The van der Waals surface area contributed by atoms with Crippen molar-refractivity contribution in [3.63, 3.8) is 0 Å². The summed E-state index contributed by atoms with van der Waals surface area (Å²) in [5.41, 5.74) is 3.05. The zero-order valence-electron chi connectivity index (χ0n) is 11.2. The Morgan fingerprint density at radius 1 is 1.41 bits per heavy atom. The van der Waals surface area contributed by atoms with Gasteiger partial charge in [-0.25, -0.2) is 0 Å². The van der Waals surface area contributed by atoms with Gasteiger partial charge in [-0.3, -0.25) is 9.97 Å². The van der Waals surface area contributed by atoms with Crippen LogP contribution in [0.15, 0.2) is 6.20 Å². The highest BCUT2D eigenvalue weighted by Crippen LogP contribution is 2.52. The van der Waals surface area contributed by atoms with E-state index in [2.05, 4.69) is 30.7 Å². The summed E-state index contributed by atoms with van der Waals surface area (Å²) in [5, 5.41) is 9.06. The van der Waals surface area contributed by atoms with Gasteiger partial charge >= 0.3 is 0 Å². The first-order valence-corrected chi connectivity index (χ1v) is 6.40. The van der Waals surface area contributed by atoms with Crippen molar-refractivity contribution >= 4 is 0 Å². The molecule has 1 aromatic rings. The van der Waals surface area contributed by atoms with Crippen LogP contribution in [0.25, 0.3) is 0 Å². The van der Waals surface area contributed by atoms with Gasteiger partial charge in [0.05, 0.1) is 29.9 Å². The Morgan fingerprint density at radius 3 is 2.59 bits per heavy atom. The number of aryl methyl sites for hydroxylation is 1. The van der Waals surface area contributed by atoms with Crippen molar-refractivity contribution in [3.8, 4) is 0 Å². The maximum atomic E-state index is 9.06. The van der Waals surface area contributed by atoms with Gasteiger partial charge in [-0.05, 0) is 31.1 Å². The molecule has 2 rings (SSSR count). The van der Waals surface area contributed by atoms with Crippen molar-refractivity contribution < 1.29 is 5.11 Å². The van der Waals surface area contributed by atoms with E-state index in [-0.39, 0.29) is 6.61 Å². The second-order valence-corrected chi connectivity index (χ2v) is 5.84. The standard InChI is InChI=1S/C14H22N2O/c1-9-5-6-12(14(9,3)4)13-10(2)16-11(8-17)7-15-13/h7,9,12,17H,5-6,8H2,1-4H3. The second-order valence-electron chi connectivity index (χ2n) is 5.84. The quantitative estimate of drug-likeness (QED) is 0.856. The van der Waals surface area contributed by atoms with Gasteiger partial charge in [-0.1, -0.05) is 20.8 Å². The molecule has 1 fully saturated rings. The molecule has 94 valence electrons. The summed E-state index contributed by atoms with van der Waals surface area (Å²) in [7, 11) is 0. The topological polar surface area (TPSA) is 46.0 Å². The van der Waals surface area contributed by atoms with Gasteiger partial charge in [0.25, 0.3) is 0 Å². The van der Waals surface area contributed by atoms with Crippen LogP contribution >= 0.6 is 0 Å². The van der Waals surface area contributed by atoms with Crippen molar-refractivity contribution in [2.45, 2.75) is 53.1 Å². The van der Waals surface area contributed by atoms with Crippen molar-refractivity contribution in [2.75, 3.05) is 0 Å². The van der Waals surface area contributed by atoms with Crippen LogP contribution in [0.1, 0.15) is 56.6 Å². The summed E-state index contributed by atoms with van der Waals surface area (Å²) in [4.78, 5) is 8.95. The molecule has 3 heteroatoms. The lowest BCUT2D eigenvalue weighted by molar-refractivity contribution is 0.244. The number of hydrogen-bond acceptors (Lipinski definition) is 3. The Hall–Kier alpha value is -0.960.